The van der Waals surface area contributed by atoms with E-state index >= 15 is 0 Å². The van der Waals surface area contributed by atoms with Gasteiger partial charge in [-0.2, -0.15) is 0 Å². The normalized spacial score (nSPS) is 14.2. The van der Waals surface area contributed by atoms with Crippen molar-refractivity contribution >= 4 is 60.2 Å². The number of benzene rings is 3. The van der Waals surface area contributed by atoms with Crippen molar-refractivity contribution in [1.82, 2.24) is 9.88 Å². The lowest BCUT2D eigenvalue weighted by atomic mass is 9.86. The van der Waals surface area contributed by atoms with Crippen LogP contribution < -0.4 is 10.5 Å². The topological polar surface area (TPSA) is 150 Å². The Morgan fingerprint density at radius 2 is 1.66 bits per heavy atom. The van der Waals surface area contributed by atoms with Gasteiger partial charge in [-0.15, -0.1) is 16.0 Å². The van der Waals surface area contributed by atoms with Gasteiger partial charge in [0.05, 0.1) is 26.8 Å². The number of hydrogen-bond acceptors (Lipinski definition) is 11. The van der Waals surface area contributed by atoms with Gasteiger partial charge in [0.15, 0.2) is 0 Å². The third-order valence-corrected chi connectivity index (χ3v) is 13.1. The van der Waals surface area contributed by atoms with Crippen LogP contribution >= 0.6 is 11.3 Å². The van der Waals surface area contributed by atoms with Crippen LogP contribution in [0.3, 0.4) is 0 Å². The van der Waals surface area contributed by atoms with E-state index in [9.17, 15) is 27.4 Å². The number of hydrogen-bond donors (Lipinski definition) is 0. The summed E-state index contributed by atoms with van der Waals surface area (Å²) in [5.41, 5.74) is 5.66. The number of hydroxylamine groups is 3. The SMILES string of the molecule is CC[N+](CC)(CC)OC(=O)CCCN(CCCS(=O)(=O)[O-])C(=O)c1ccccc1-c1c(-c2nc3ccccc3s2)c(=O)oc2c3c4c(cc12)CCCN4CCC3. The fourth-order valence-corrected chi connectivity index (χ4v) is 9.80. The van der Waals surface area contributed by atoms with Gasteiger partial charge in [-0.05, 0) is 94.7 Å². The minimum atomic E-state index is -4.53. The van der Waals surface area contributed by atoms with Crippen molar-refractivity contribution in [3.8, 4) is 21.7 Å². The molecular weight excluding hydrogens is 753 g/mol. The summed E-state index contributed by atoms with van der Waals surface area (Å²) in [6.07, 6.45) is 3.78. The number of amides is 1. The molecule has 0 unspecified atom stereocenters. The first kappa shape index (κ1) is 39.6. The van der Waals surface area contributed by atoms with Gasteiger partial charge in [0.25, 0.3) is 5.91 Å². The van der Waals surface area contributed by atoms with Crippen LogP contribution in [0, 0.1) is 0 Å². The Morgan fingerprint density at radius 1 is 0.964 bits per heavy atom. The molecule has 2 aliphatic heterocycles. The second kappa shape index (κ2) is 16.5. The third-order valence-electron chi connectivity index (χ3n) is 11.3. The summed E-state index contributed by atoms with van der Waals surface area (Å²) in [5.74, 6) is -1.44. The second-order valence-corrected chi connectivity index (χ2v) is 17.1. The molecule has 2 aliphatic rings. The van der Waals surface area contributed by atoms with Crippen LogP contribution in [0.25, 0.3) is 42.9 Å². The molecular formula is C42H48N4O8S2. The van der Waals surface area contributed by atoms with Gasteiger partial charge in [0.2, 0.25) is 0 Å². The number of anilines is 1. The van der Waals surface area contributed by atoms with Crippen molar-refractivity contribution in [3.05, 3.63) is 81.7 Å². The molecule has 0 atom stereocenters. The first-order chi connectivity index (χ1) is 27.0. The largest absolute Gasteiger partial charge is 0.748 e. The Balaban J connectivity index is 1.34. The molecule has 0 fully saturated rings. The average Bonchev–Trinajstić information content (AvgIpc) is 3.63. The van der Waals surface area contributed by atoms with E-state index in [4.69, 9.17) is 14.2 Å². The van der Waals surface area contributed by atoms with Crippen molar-refractivity contribution in [1.29, 1.82) is 0 Å². The molecule has 0 radical (unpaired) electrons. The highest BCUT2D eigenvalue weighted by molar-refractivity contribution is 7.85. The van der Waals surface area contributed by atoms with Crippen molar-refractivity contribution in [2.45, 2.75) is 65.7 Å². The molecule has 12 nitrogen and oxygen atoms in total. The summed E-state index contributed by atoms with van der Waals surface area (Å²) in [6.45, 7) is 9.73. The summed E-state index contributed by atoms with van der Waals surface area (Å²) in [7, 11) is -4.53. The fourth-order valence-electron chi connectivity index (χ4n) is 8.31. The van der Waals surface area contributed by atoms with E-state index in [1.54, 1.807) is 12.1 Å². The molecule has 7 rings (SSSR count). The molecule has 0 N–H and O–H groups in total. The van der Waals surface area contributed by atoms with E-state index in [1.165, 1.54) is 21.8 Å². The van der Waals surface area contributed by atoms with Gasteiger partial charge in [0.1, 0.15) is 35.8 Å². The van der Waals surface area contributed by atoms with Crippen molar-refractivity contribution in [2.75, 3.05) is 56.5 Å². The fraction of sp³-hybridized carbons (Fsp3) is 0.429. The number of nitrogens with zero attached hydrogens (tertiary/aromatic N) is 4. The number of quaternary nitrogens is 1. The van der Waals surface area contributed by atoms with E-state index in [1.807, 2.05) is 57.2 Å². The lowest BCUT2D eigenvalue weighted by Gasteiger charge is -2.37. The van der Waals surface area contributed by atoms with Gasteiger partial charge in [-0.1, -0.05) is 30.3 Å². The Labute approximate surface area is 331 Å². The van der Waals surface area contributed by atoms with Crippen LogP contribution in [-0.4, -0.2) is 90.9 Å². The molecule has 0 aliphatic carbocycles. The van der Waals surface area contributed by atoms with Crippen molar-refractivity contribution < 1.29 is 36.5 Å². The van der Waals surface area contributed by atoms with Crippen LogP contribution in [0.5, 0.6) is 0 Å². The summed E-state index contributed by atoms with van der Waals surface area (Å²) in [6, 6.07) is 16.9. The Bertz CT molecular complexity index is 2410. The van der Waals surface area contributed by atoms with Crippen LogP contribution in [0.2, 0.25) is 0 Å². The van der Waals surface area contributed by atoms with Gasteiger partial charge in [-0.3, -0.25) is 9.63 Å². The number of fused-ring (bicyclic) bond motifs is 3. The molecule has 296 valence electrons. The van der Waals surface area contributed by atoms with Gasteiger partial charge >= 0.3 is 11.6 Å². The summed E-state index contributed by atoms with van der Waals surface area (Å²) >= 11 is 1.38. The zero-order valence-corrected chi connectivity index (χ0v) is 33.8. The number of para-hydroxylation sites is 1. The molecule has 0 saturated carbocycles. The van der Waals surface area contributed by atoms with Crippen LogP contribution in [0.15, 0.2) is 63.8 Å². The smallest absolute Gasteiger partial charge is 0.366 e. The summed E-state index contributed by atoms with van der Waals surface area (Å²) < 4.78 is 42.2. The second-order valence-electron chi connectivity index (χ2n) is 14.6. The Kier molecular flexibility index (Phi) is 11.6. The summed E-state index contributed by atoms with van der Waals surface area (Å²) in [5, 5.41) is 1.21. The number of aryl methyl sites for hydroxylation is 2. The number of carbonyl (C=O) groups is 2. The van der Waals surface area contributed by atoms with Crippen LogP contribution in [0.4, 0.5) is 5.69 Å². The monoisotopic (exact) mass is 800 g/mol. The zero-order chi connectivity index (χ0) is 39.6. The quantitative estimate of drug-likeness (QED) is 0.0472. The molecule has 56 heavy (non-hydrogen) atoms. The van der Waals surface area contributed by atoms with Crippen LogP contribution in [-0.2, 0) is 32.6 Å². The lowest BCUT2D eigenvalue weighted by Crippen LogP contribution is -2.48. The minimum Gasteiger partial charge on any atom is -0.748 e. The first-order valence-corrected chi connectivity index (χ1v) is 22.0. The maximum Gasteiger partial charge on any atom is 0.366 e. The van der Waals surface area contributed by atoms with E-state index in [2.05, 4.69) is 11.0 Å². The molecule has 4 heterocycles. The van der Waals surface area contributed by atoms with Crippen molar-refractivity contribution in [2.24, 2.45) is 0 Å². The number of aromatic nitrogens is 1. The van der Waals surface area contributed by atoms with Gasteiger partial charge in [-0.25, -0.2) is 23.0 Å². The highest BCUT2D eigenvalue weighted by atomic mass is 32.2. The molecule has 3 aromatic carbocycles. The van der Waals surface area contributed by atoms with Crippen LogP contribution in [0.1, 0.15) is 74.4 Å². The standard InChI is InChI=1S/C42H48N4O8S2/c1-4-46(5-2,6-3)54-35(47)21-13-24-45(25-14-26-56(50,51)52)41(48)30-17-8-7-16-29(30)36-32-27-28-15-11-22-44-23-12-18-31(38(28)44)39(32)53-42(49)37(36)40-43-33-19-9-10-20-34(33)55-40/h7-10,16-17,19-20,27H,4-6,11-15,18,21-26H2,1-3H3. The molecule has 2 aromatic heterocycles. The average molecular weight is 801 g/mol. The van der Waals surface area contributed by atoms with E-state index in [0.717, 1.165) is 65.6 Å². The number of rotatable bonds is 15. The van der Waals surface area contributed by atoms with Gasteiger partial charge < -0.3 is 18.8 Å². The predicted molar refractivity (Wildman–Crippen MR) is 218 cm³/mol. The summed E-state index contributed by atoms with van der Waals surface area (Å²) in [4.78, 5) is 56.8. The highest BCUT2D eigenvalue weighted by Gasteiger charge is 2.32. The van der Waals surface area contributed by atoms with Crippen molar-refractivity contribution in [3.63, 3.8) is 0 Å². The Hall–Kier alpha value is -4.63. The highest BCUT2D eigenvalue weighted by Crippen LogP contribution is 2.46. The third kappa shape index (κ3) is 7.97. The number of thiazole rings is 1. The first-order valence-electron chi connectivity index (χ1n) is 19.6. The predicted octanol–water partition coefficient (Wildman–Crippen LogP) is 6.93. The molecule has 14 heteroatoms. The molecule has 0 saturated heterocycles. The van der Waals surface area contributed by atoms with Gasteiger partial charge in [0, 0.05) is 59.7 Å². The molecule has 5 aromatic rings. The molecule has 0 bridgehead atoms. The van der Waals surface area contributed by atoms with E-state index in [0.29, 0.717) is 46.9 Å². The molecule has 0 spiro atoms. The lowest BCUT2D eigenvalue weighted by molar-refractivity contribution is -1.09. The van der Waals surface area contributed by atoms with E-state index in [-0.39, 0.29) is 48.5 Å². The maximum atomic E-state index is 14.8. The minimum absolute atomic E-state index is 0.0293. The maximum absolute atomic E-state index is 14.8. The van der Waals surface area contributed by atoms with E-state index < -0.39 is 27.4 Å². The molecule has 1 amide bonds. The Morgan fingerprint density at radius 3 is 2.39 bits per heavy atom. The zero-order valence-electron chi connectivity index (χ0n) is 32.2. The number of carbonyl (C=O) groups excluding carboxylic acids is 2.